The minimum atomic E-state index is -0.336. The number of hydrogen-bond donors (Lipinski definition) is 0. The van der Waals surface area contributed by atoms with Gasteiger partial charge in [0.1, 0.15) is 11.9 Å². The Labute approximate surface area is 180 Å². The molecule has 1 atom stereocenters. The molecule has 2 heterocycles. The van der Waals surface area contributed by atoms with Crippen molar-refractivity contribution in [1.82, 2.24) is 0 Å². The molecular weight excluding hydrogens is 398 g/mol. The molecule has 5 heteroatoms. The quantitative estimate of drug-likeness (QED) is 0.535. The Balaban J connectivity index is 1.36. The minimum Gasteiger partial charge on any atom is -0.493 e. The summed E-state index contributed by atoms with van der Waals surface area (Å²) in [7, 11) is 0. The molecule has 0 saturated heterocycles. The summed E-state index contributed by atoms with van der Waals surface area (Å²) in [6, 6.07) is 21.1. The van der Waals surface area contributed by atoms with Crippen LogP contribution in [-0.4, -0.2) is 24.8 Å². The fraction of sp³-hybridized carbons (Fsp3) is 0.200. The Bertz CT molecular complexity index is 1140. The van der Waals surface area contributed by atoms with Gasteiger partial charge in [-0.05, 0) is 42.3 Å². The molecule has 4 nitrogen and oxygen atoms in total. The van der Waals surface area contributed by atoms with Crippen LogP contribution in [0.25, 0.3) is 0 Å². The van der Waals surface area contributed by atoms with Crippen LogP contribution in [0.4, 0.5) is 0 Å². The highest BCUT2D eigenvalue weighted by molar-refractivity contribution is 6.31. The van der Waals surface area contributed by atoms with Gasteiger partial charge in [0.05, 0.1) is 17.9 Å². The van der Waals surface area contributed by atoms with Crippen molar-refractivity contribution in [3.63, 3.8) is 0 Å². The molecule has 1 unspecified atom stereocenters. The van der Waals surface area contributed by atoms with Crippen molar-refractivity contribution in [2.24, 2.45) is 4.99 Å². The van der Waals surface area contributed by atoms with Gasteiger partial charge in [-0.25, -0.2) is 4.79 Å². The molecule has 0 aromatic heterocycles. The van der Waals surface area contributed by atoms with E-state index in [1.807, 2.05) is 48.5 Å². The maximum absolute atomic E-state index is 12.7. The smallest absolute Gasteiger partial charge is 0.338 e. The summed E-state index contributed by atoms with van der Waals surface area (Å²) < 4.78 is 11.4. The van der Waals surface area contributed by atoms with E-state index >= 15 is 0 Å². The van der Waals surface area contributed by atoms with Crippen LogP contribution < -0.4 is 4.74 Å². The van der Waals surface area contributed by atoms with Crippen molar-refractivity contribution in [3.8, 4) is 5.75 Å². The lowest BCUT2D eigenvalue weighted by Gasteiger charge is -2.25. The van der Waals surface area contributed by atoms with E-state index in [4.69, 9.17) is 26.1 Å². The minimum absolute atomic E-state index is 0.293. The number of halogens is 1. The van der Waals surface area contributed by atoms with Gasteiger partial charge in [-0.15, -0.1) is 0 Å². The van der Waals surface area contributed by atoms with Crippen molar-refractivity contribution < 1.29 is 14.3 Å². The number of aliphatic imine (C=N–C) groups is 1. The number of hydrogen-bond acceptors (Lipinski definition) is 4. The molecular formula is C25H20ClNO3. The summed E-state index contributed by atoms with van der Waals surface area (Å²) in [5, 5.41) is 0.695. The topological polar surface area (TPSA) is 47.9 Å². The third kappa shape index (κ3) is 3.59. The molecule has 30 heavy (non-hydrogen) atoms. The number of benzene rings is 3. The number of para-hydroxylation sites is 1. The molecule has 0 spiro atoms. The van der Waals surface area contributed by atoms with Crippen molar-refractivity contribution in [1.29, 1.82) is 0 Å². The molecule has 3 aromatic rings. The van der Waals surface area contributed by atoms with E-state index in [-0.39, 0.29) is 12.1 Å². The highest BCUT2D eigenvalue weighted by Gasteiger charge is 2.25. The second-order valence-corrected chi connectivity index (χ2v) is 7.86. The second-order valence-electron chi connectivity index (χ2n) is 7.43. The van der Waals surface area contributed by atoms with Gasteiger partial charge < -0.3 is 9.47 Å². The number of carbonyl (C=O) groups is 1. The summed E-state index contributed by atoms with van der Waals surface area (Å²) in [5.41, 5.74) is 5.61. The lowest BCUT2D eigenvalue weighted by atomic mass is 9.93. The van der Waals surface area contributed by atoms with Crippen LogP contribution in [0, 0.1) is 0 Å². The predicted octanol–water partition coefficient (Wildman–Crippen LogP) is 5.41. The van der Waals surface area contributed by atoms with Gasteiger partial charge in [0, 0.05) is 34.7 Å². The van der Waals surface area contributed by atoms with E-state index in [9.17, 15) is 4.79 Å². The molecule has 150 valence electrons. The van der Waals surface area contributed by atoms with Gasteiger partial charge in [0.15, 0.2) is 0 Å². The maximum Gasteiger partial charge on any atom is 0.338 e. The zero-order valence-electron chi connectivity index (χ0n) is 16.3. The maximum atomic E-state index is 12.7. The van der Waals surface area contributed by atoms with Gasteiger partial charge >= 0.3 is 5.97 Å². The predicted molar refractivity (Wildman–Crippen MR) is 117 cm³/mol. The van der Waals surface area contributed by atoms with Crippen molar-refractivity contribution in [2.75, 3.05) is 13.2 Å². The molecule has 5 rings (SSSR count). The van der Waals surface area contributed by atoms with E-state index in [2.05, 4.69) is 6.07 Å². The van der Waals surface area contributed by atoms with Crippen LogP contribution in [0.1, 0.15) is 45.1 Å². The van der Waals surface area contributed by atoms with Crippen LogP contribution in [0.2, 0.25) is 5.02 Å². The van der Waals surface area contributed by atoms with Gasteiger partial charge in [0.25, 0.3) is 0 Å². The molecule has 0 radical (unpaired) electrons. The van der Waals surface area contributed by atoms with Crippen LogP contribution in [0.5, 0.6) is 5.75 Å². The second kappa shape index (κ2) is 7.96. The number of ether oxygens (including phenoxy) is 2. The number of esters is 1. The lowest BCUT2D eigenvalue weighted by molar-refractivity contribution is 0.0193. The molecule has 0 amide bonds. The largest absolute Gasteiger partial charge is 0.493 e. The molecule has 0 saturated carbocycles. The Morgan fingerprint density at radius 3 is 2.77 bits per heavy atom. The molecule has 0 N–H and O–H groups in total. The van der Waals surface area contributed by atoms with Crippen LogP contribution in [0.15, 0.2) is 71.7 Å². The average Bonchev–Trinajstić information content (AvgIpc) is 2.79. The summed E-state index contributed by atoms with van der Waals surface area (Å²) in [6.45, 7) is 1.28. The molecule has 2 aliphatic rings. The van der Waals surface area contributed by atoms with Crippen molar-refractivity contribution in [2.45, 2.75) is 18.9 Å². The molecule has 0 bridgehead atoms. The molecule has 0 aliphatic carbocycles. The van der Waals surface area contributed by atoms with E-state index in [1.165, 1.54) is 5.56 Å². The summed E-state index contributed by atoms with van der Waals surface area (Å²) >= 11 is 6.20. The monoisotopic (exact) mass is 417 g/mol. The van der Waals surface area contributed by atoms with Crippen LogP contribution in [-0.2, 0) is 11.2 Å². The number of fused-ring (bicyclic) bond motifs is 2. The zero-order chi connectivity index (χ0) is 20.5. The highest BCUT2D eigenvalue weighted by Crippen LogP contribution is 2.34. The first-order valence-electron chi connectivity index (χ1n) is 10.1. The lowest BCUT2D eigenvalue weighted by Crippen LogP contribution is -2.19. The zero-order valence-corrected chi connectivity index (χ0v) is 17.1. The van der Waals surface area contributed by atoms with Crippen LogP contribution in [0.3, 0.4) is 0 Å². The first kappa shape index (κ1) is 18.9. The average molecular weight is 418 g/mol. The van der Waals surface area contributed by atoms with Crippen LogP contribution >= 0.6 is 11.6 Å². The first-order chi connectivity index (χ1) is 14.7. The van der Waals surface area contributed by atoms with Crippen molar-refractivity contribution in [3.05, 3.63) is 99.6 Å². The number of rotatable bonds is 3. The third-order valence-electron chi connectivity index (χ3n) is 5.52. The van der Waals surface area contributed by atoms with E-state index in [0.29, 0.717) is 23.6 Å². The van der Waals surface area contributed by atoms with Crippen molar-refractivity contribution >= 4 is 23.3 Å². The third-order valence-corrected chi connectivity index (χ3v) is 5.76. The molecule has 3 aromatic carbocycles. The fourth-order valence-electron chi connectivity index (χ4n) is 4.00. The SMILES string of the molecule is O=C(OC1CCOc2ccccc21)c1ccc(C2=NCCc3ccc(Cl)cc32)cc1. The Hall–Kier alpha value is -3.11. The van der Waals surface area contributed by atoms with Gasteiger partial charge in [0.2, 0.25) is 0 Å². The van der Waals surface area contributed by atoms with E-state index < -0.39 is 0 Å². The standard InChI is InChI=1S/C25H20ClNO3/c26-19-10-9-16-11-13-27-24(21(16)15-19)17-5-7-18(8-6-17)25(28)30-23-12-14-29-22-4-2-1-3-20(22)23/h1-10,15,23H,11-14H2. The summed E-state index contributed by atoms with van der Waals surface area (Å²) in [6.07, 6.45) is 1.26. The Morgan fingerprint density at radius 1 is 1.07 bits per heavy atom. The highest BCUT2D eigenvalue weighted by atomic mass is 35.5. The molecule has 2 aliphatic heterocycles. The summed E-state index contributed by atoms with van der Waals surface area (Å²) in [5.74, 6) is 0.446. The Morgan fingerprint density at radius 2 is 1.90 bits per heavy atom. The van der Waals surface area contributed by atoms with E-state index in [0.717, 1.165) is 41.1 Å². The van der Waals surface area contributed by atoms with Gasteiger partial charge in [-0.1, -0.05) is 48.0 Å². The first-order valence-corrected chi connectivity index (χ1v) is 10.4. The van der Waals surface area contributed by atoms with E-state index in [1.54, 1.807) is 12.1 Å². The number of nitrogens with zero attached hydrogens (tertiary/aromatic N) is 1. The normalized spacial score (nSPS) is 17.2. The summed E-state index contributed by atoms with van der Waals surface area (Å²) in [4.78, 5) is 17.4. The Kier molecular flexibility index (Phi) is 5.01. The van der Waals surface area contributed by atoms with Gasteiger partial charge in [-0.2, -0.15) is 0 Å². The van der Waals surface area contributed by atoms with Gasteiger partial charge in [-0.3, -0.25) is 4.99 Å². The fourth-order valence-corrected chi connectivity index (χ4v) is 4.17. The number of carbonyl (C=O) groups excluding carboxylic acids is 1. The molecule has 0 fully saturated rings.